The van der Waals surface area contributed by atoms with Gasteiger partial charge in [-0.15, -0.1) is 0 Å². The molecule has 0 radical (unpaired) electrons. The van der Waals surface area contributed by atoms with Gasteiger partial charge in [0.05, 0.1) is 11.6 Å². The van der Waals surface area contributed by atoms with E-state index in [-0.39, 0.29) is 10.6 Å². The van der Waals surface area contributed by atoms with Crippen LogP contribution in [0.4, 0.5) is 0 Å². The fraction of sp³-hybridized carbons (Fsp3) is 0. The van der Waals surface area contributed by atoms with Crippen molar-refractivity contribution in [1.82, 2.24) is 0 Å². The second-order valence-corrected chi connectivity index (χ2v) is 3.75. The van der Waals surface area contributed by atoms with E-state index in [9.17, 15) is 5.11 Å². The van der Waals surface area contributed by atoms with E-state index in [1.807, 2.05) is 12.1 Å². The zero-order valence-electron chi connectivity index (χ0n) is 6.98. The molecule has 66 valence electrons. The number of thiophene rings is 1. The lowest BCUT2D eigenvalue weighted by atomic mass is 10.1. The number of benzene rings is 1. The van der Waals surface area contributed by atoms with Crippen molar-refractivity contribution in [2.75, 3.05) is 0 Å². The van der Waals surface area contributed by atoms with Crippen LogP contribution >= 0.6 is 11.3 Å². The first-order valence-electron chi connectivity index (χ1n) is 3.82. The molecule has 2 aromatic rings. The molecule has 0 aliphatic heterocycles. The van der Waals surface area contributed by atoms with Crippen LogP contribution in [0.5, 0.6) is 5.06 Å². The normalized spacial score (nSPS) is 9.57. The van der Waals surface area contributed by atoms with Gasteiger partial charge in [0.2, 0.25) is 0 Å². The smallest absolute Gasteiger partial charge is 0.190 e. The van der Waals surface area contributed by atoms with Crippen LogP contribution in [0.3, 0.4) is 0 Å². The number of fused-ring (bicyclic) bond motifs is 1. The molecule has 4 heteroatoms. The van der Waals surface area contributed by atoms with Crippen molar-refractivity contribution in [1.29, 1.82) is 10.5 Å². The van der Waals surface area contributed by atoms with Gasteiger partial charge in [0.25, 0.3) is 0 Å². The Labute approximate surface area is 84.1 Å². The Hall–Kier alpha value is -2.04. The number of aromatic hydroxyl groups is 1. The molecule has 0 atom stereocenters. The van der Waals surface area contributed by atoms with E-state index in [1.165, 1.54) is 0 Å². The summed E-state index contributed by atoms with van der Waals surface area (Å²) in [7, 11) is 0. The van der Waals surface area contributed by atoms with E-state index in [4.69, 9.17) is 10.5 Å². The third-order valence-corrected chi connectivity index (χ3v) is 2.88. The molecule has 14 heavy (non-hydrogen) atoms. The lowest BCUT2D eigenvalue weighted by Crippen LogP contribution is -1.74. The Morgan fingerprint density at radius 2 is 2.00 bits per heavy atom. The van der Waals surface area contributed by atoms with E-state index in [0.29, 0.717) is 10.9 Å². The molecule has 0 spiro atoms. The summed E-state index contributed by atoms with van der Waals surface area (Å²) in [5.41, 5.74) is 0.744. The maximum atomic E-state index is 9.41. The van der Waals surface area contributed by atoms with E-state index in [0.717, 1.165) is 16.0 Å². The molecule has 0 aliphatic carbocycles. The summed E-state index contributed by atoms with van der Waals surface area (Å²) >= 11 is 1.15. The molecule has 0 saturated carbocycles. The lowest BCUT2D eigenvalue weighted by molar-refractivity contribution is 0.490. The molecular formula is C10H4N2OS. The highest BCUT2D eigenvalue weighted by Crippen LogP contribution is 2.36. The summed E-state index contributed by atoms with van der Waals surface area (Å²) in [6.07, 6.45) is 0. The SMILES string of the molecule is N#Cc1ccc2sc(O)c(C#N)c2c1. The minimum absolute atomic E-state index is 0.0117. The van der Waals surface area contributed by atoms with Crippen LogP contribution in [0.1, 0.15) is 11.1 Å². The van der Waals surface area contributed by atoms with Gasteiger partial charge in [-0.2, -0.15) is 10.5 Å². The fourth-order valence-corrected chi connectivity index (χ4v) is 2.14. The lowest BCUT2D eigenvalue weighted by Gasteiger charge is -1.89. The molecule has 1 heterocycles. The molecule has 0 bridgehead atoms. The Morgan fingerprint density at radius 3 is 2.64 bits per heavy atom. The zero-order chi connectivity index (χ0) is 10.1. The van der Waals surface area contributed by atoms with Crippen LogP contribution in [-0.4, -0.2) is 5.11 Å². The Bertz CT molecular complexity index is 586. The maximum Gasteiger partial charge on any atom is 0.190 e. The van der Waals surface area contributed by atoms with Gasteiger partial charge in [-0.3, -0.25) is 0 Å². The second kappa shape index (κ2) is 3.02. The summed E-state index contributed by atoms with van der Waals surface area (Å²) in [4.78, 5) is 0. The average Bonchev–Trinajstić information content (AvgIpc) is 2.52. The Morgan fingerprint density at radius 1 is 1.21 bits per heavy atom. The number of nitrogens with zero attached hydrogens (tertiary/aromatic N) is 2. The average molecular weight is 200 g/mol. The summed E-state index contributed by atoms with van der Waals surface area (Å²) in [5, 5.41) is 27.5. The highest BCUT2D eigenvalue weighted by atomic mass is 32.1. The van der Waals surface area contributed by atoms with Crippen molar-refractivity contribution >= 4 is 21.4 Å². The number of hydrogen-bond acceptors (Lipinski definition) is 4. The van der Waals surface area contributed by atoms with Crippen LogP contribution in [0.2, 0.25) is 0 Å². The standard InChI is InChI=1S/C10H4N2OS/c11-4-6-1-2-9-7(3-6)8(5-12)10(13)14-9/h1-3,13H. The molecule has 0 unspecified atom stereocenters. The topological polar surface area (TPSA) is 67.8 Å². The van der Waals surface area contributed by atoms with Gasteiger partial charge >= 0.3 is 0 Å². The zero-order valence-corrected chi connectivity index (χ0v) is 7.80. The monoisotopic (exact) mass is 200 g/mol. The predicted octanol–water partition coefficient (Wildman–Crippen LogP) is 2.35. The van der Waals surface area contributed by atoms with Crippen molar-refractivity contribution in [2.24, 2.45) is 0 Å². The molecule has 1 N–H and O–H groups in total. The number of rotatable bonds is 0. The van der Waals surface area contributed by atoms with Crippen molar-refractivity contribution in [3.63, 3.8) is 0 Å². The molecule has 0 aliphatic rings. The van der Waals surface area contributed by atoms with Gasteiger partial charge in [0, 0.05) is 10.1 Å². The quantitative estimate of drug-likeness (QED) is 0.709. The molecule has 1 aromatic heterocycles. The van der Waals surface area contributed by atoms with E-state index < -0.39 is 0 Å². The number of nitriles is 2. The maximum absolute atomic E-state index is 9.41. The van der Waals surface area contributed by atoms with Crippen LogP contribution in [0.25, 0.3) is 10.1 Å². The van der Waals surface area contributed by atoms with Gasteiger partial charge in [0.1, 0.15) is 11.6 Å². The van der Waals surface area contributed by atoms with Crippen LogP contribution < -0.4 is 0 Å². The summed E-state index contributed by atoms with van der Waals surface area (Å²) in [5.74, 6) is 0. The summed E-state index contributed by atoms with van der Waals surface area (Å²) in [6.45, 7) is 0. The van der Waals surface area contributed by atoms with Crippen LogP contribution in [0, 0.1) is 22.7 Å². The van der Waals surface area contributed by atoms with Crippen molar-refractivity contribution in [3.8, 4) is 17.2 Å². The molecular weight excluding hydrogens is 196 g/mol. The first-order valence-corrected chi connectivity index (χ1v) is 4.63. The van der Waals surface area contributed by atoms with Crippen LogP contribution in [-0.2, 0) is 0 Å². The first-order chi connectivity index (χ1) is 6.76. The number of hydrogen-bond donors (Lipinski definition) is 1. The highest BCUT2D eigenvalue weighted by Gasteiger charge is 2.10. The molecule has 2 rings (SSSR count). The van der Waals surface area contributed by atoms with Gasteiger partial charge in [0.15, 0.2) is 5.06 Å². The van der Waals surface area contributed by atoms with Crippen molar-refractivity contribution in [3.05, 3.63) is 29.3 Å². The van der Waals surface area contributed by atoms with Gasteiger partial charge < -0.3 is 5.11 Å². The second-order valence-electron chi connectivity index (χ2n) is 2.72. The Kier molecular flexibility index (Phi) is 1.85. The van der Waals surface area contributed by atoms with Gasteiger partial charge in [-0.05, 0) is 18.2 Å². The third kappa shape index (κ3) is 1.10. The van der Waals surface area contributed by atoms with Crippen molar-refractivity contribution < 1.29 is 5.11 Å². The fourth-order valence-electron chi connectivity index (χ4n) is 1.26. The van der Waals surface area contributed by atoms with Crippen LogP contribution in [0.15, 0.2) is 18.2 Å². The molecule has 0 fully saturated rings. The first kappa shape index (κ1) is 8.55. The minimum Gasteiger partial charge on any atom is -0.499 e. The van der Waals surface area contributed by atoms with E-state index in [1.54, 1.807) is 18.2 Å². The molecule has 0 saturated heterocycles. The van der Waals surface area contributed by atoms with Gasteiger partial charge in [-0.1, -0.05) is 11.3 Å². The third-order valence-electron chi connectivity index (χ3n) is 1.91. The van der Waals surface area contributed by atoms with Crippen molar-refractivity contribution in [2.45, 2.75) is 0 Å². The molecule has 0 amide bonds. The Balaban J connectivity index is 2.87. The van der Waals surface area contributed by atoms with E-state index >= 15 is 0 Å². The largest absolute Gasteiger partial charge is 0.499 e. The summed E-state index contributed by atoms with van der Waals surface area (Å²) < 4.78 is 0.818. The summed E-state index contributed by atoms with van der Waals surface area (Å²) in [6, 6.07) is 8.93. The van der Waals surface area contributed by atoms with Gasteiger partial charge in [-0.25, -0.2) is 0 Å². The molecule has 1 aromatic carbocycles. The highest BCUT2D eigenvalue weighted by molar-refractivity contribution is 7.21. The minimum atomic E-state index is 0.0117. The van der Waals surface area contributed by atoms with E-state index in [2.05, 4.69) is 0 Å². The predicted molar refractivity (Wildman–Crippen MR) is 52.9 cm³/mol. The molecule has 3 nitrogen and oxygen atoms in total.